The number of fused-ring (bicyclic) bond motifs is 4. The summed E-state index contributed by atoms with van der Waals surface area (Å²) in [5.41, 5.74) is 0.0971. The normalized spacial score (nSPS) is 26.2. The quantitative estimate of drug-likeness (QED) is 0.325. The fraction of sp³-hybridized carbons (Fsp3) is 0.424. The molecule has 2 aromatic heterocycles. The first-order valence-corrected chi connectivity index (χ1v) is 14.8. The molecule has 0 amide bonds. The van der Waals surface area contributed by atoms with Crippen molar-refractivity contribution >= 4 is 27.5 Å². The maximum atomic E-state index is 14.8. The summed E-state index contributed by atoms with van der Waals surface area (Å²) >= 11 is 0. The van der Waals surface area contributed by atoms with Crippen molar-refractivity contribution < 1.29 is 23.0 Å². The Labute approximate surface area is 246 Å². The van der Waals surface area contributed by atoms with Gasteiger partial charge in [-0.3, -0.25) is 4.90 Å². The van der Waals surface area contributed by atoms with E-state index < -0.39 is 17.6 Å². The molecule has 8 nitrogen and oxygen atoms in total. The molecule has 1 aliphatic carbocycles. The first-order valence-electron chi connectivity index (χ1n) is 14.8. The first kappa shape index (κ1) is 26.4. The molecule has 4 aliphatic rings. The van der Waals surface area contributed by atoms with Gasteiger partial charge in [-0.1, -0.05) is 12.0 Å². The maximum absolute atomic E-state index is 14.8. The molecular weight excluding hydrogens is 554 g/mol. The monoisotopic (exact) mass is 584 g/mol. The molecule has 43 heavy (non-hydrogen) atoms. The molecular formula is C33H30F2N4O4. The Morgan fingerprint density at radius 1 is 1.26 bits per heavy atom. The Balaban J connectivity index is 1.31. The molecule has 10 heteroatoms. The molecule has 2 aromatic carbocycles. The standard InChI is InChI=1S/C33H30F2N4O4/c1-3-22-24(35)6-5-19-11-21(40)13-23(26(19)22)29-17(2)28-27(31(41)43-29)30(39-10-7-18-12-25(18)39)37-32(36-28)42-16-33-8-4-9-38(33)15-20(34)14-33/h1,5-6,11,13,18,20,25,40H,4,7-10,12,14-16H2,2H3/t18?,20-,25?,33+/m1/s1. The highest BCUT2D eigenvalue weighted by Crippen LogP contribution is 2.48. The van der Waals surface area contributed by atoms with Gasteiger partial charge in [-0.2, -0.15) is 9.97 Å². The van der Waals surface area contributed by atoms with Crippen LogP contribution in [-0.4, -0.2) is 64.0 Å². The lowest BCUT2D eigenvalue weighted by atomic mass is 9.95. The van der Waals surface area contributed by atoms with Crippen LogP contribution in [0.5, 0.6) is 11.8 Å². The van der Waals surface area contributed by atoms with Crippen LogP contribution in [0.1, 0.15) is 43.2 Å². The van der Waals surface area contributed by atoms with Gasteiger partial charge in [0.1, 0.15) is 35.5 Å². The van der Waals surface area contributed by atoms with Crippen LogP contribution in [0.4, 0.5) is 14.6 Å². The molecule has 0 spiro atoms. The fourth-order valence-corrected chi connectivity index (χ4v) is 7.80. The summed E-state index contributed by atoms with van der Waals surface area (Å²) in [4.78, 5) is 27.6. The molecule has 5 heterocycles. The summed E-state index contributed by atoms with van der Waals surface area (Å²) < 4.78 is 41.5. The molecule has 4 fully saturated rings. The molecule has 1 N–H and O–H groups in total. The summed E-state index contributed by atoms with van der Waals surface area (Å²) in [6.07, 6.45) is 9.10. The minimum atomic E-state index is -0.891. The van der Waals surface area contributed by atoms with Gasteiger partial charge < -0.3 is 19.2 Å². The highest BCUT2D eigenvalue weighted by atomic mass is 19.1. The van der Waals surface area contributed by atoms with Crippen LogP contribution in [0.2, 0.25) is 0 Å². The van der Waals surface area contributed by atoms with Crippen LogP contribution in [0, 0.1) is 31.0 Å². The third-order valence-electron chi connectivity index (χ3n) is 9.93. The lowest BCUT2D eigenvalue weighted by Crippen LogP contribution is -2.43. The molecule has 3 saturated heterocycles. The van der Waals surface area contributed by atoms with E-state index in [-0.39, 0.29) is 46.2 Å². The van der Waals surface area contributed by atoms with Crippen LogP contribution < -0.4 is 15.3 Å². The number of alkyl halides is 1. The number of aryl methyl sites for hydroxylation is 1. The fourth-order valence-electron chi connectivity index (χ4n) is 7.80. The van der Waals surface area contributed by atoms with Gasteiger partial charge in [0.25, 0.3) is 0 Å². The Bertz CT molecular complexity index is 1940. The van der Waals surface area contributed by atoms with Crippen molar-refractivity contribution in [3.8, 4) is 35.4 Å². The number of halogens is 2. The Kier molecular flexibility index (Phi) is 5.76. The van der Waals surface area contributed by atoms with Crippen molar-refractivity contribution in [2.24, 2.45) is 5.92 Å². The van der Waals surface area contributed by atoms with Gasteiger partial charge >= 0.3 is 11.6 Å². The number of nitrogens with zero attached hydrogens (tertiary/aromatic N) is 4. The second kappa shape index (κ2) is 9.38. The van der Waals surface area contributed by atoms with Crippen molar-refractivity contribution in [3.63, 3.8) is 0 Å². The van der Waals surface area contributed by atoms with E-state index in [2.05, 4.69) is 15.7 Å². The van der Waals surface area contributed by atoms with Gasteiger partial charge in [-0.15, -0.1) is 6.42 Å². The Morgan fingerprint density at radius 2 is 2.12 bits per heavy atom. The predicted molar refractivity (Wildman–Crippen MR) is 158 cm³/mol. The van der Waals surface area contributed by atoms with Gasteiger partial charge in [0.15, 0.2) is 5.82 Å². The van der Waals surface area contributed by atoms with Crippen molar-refractivity contribution in [1.82, 2.24) is 14.9 Å². The second-order valence-corrected chi connectivity index (χ2v) is 12.5. The number of benzene rings is 2. The van der Waals surface area contributed by atoms with Gasteiger partial charge in [-0.05, 0) is 68.7 Å². The van der Waals surface area contributed by atoms with Gasteiger partial charge in [0.2, 0.25) is 0 Å². The lowest BCUT2D eigenvalue weighted by Gasteiger charge is -2.31. The van der Waals surface area contributed by atoms with E-state index in [1.54, 1.807) is 6.92 Å². The van der Waals surface area contributed by atoms with E-state index in [0.29, 0.717) is 52.6 Å². The van der Waals surface area contributed by atoms with E-state index in [1.807, 2.05) is 0 Å². The zero-order valence-electron chi connectivity index (χ0n) is 23.7. The molecule has 3 aliphatic heterocycles. The highest BCUT2D eigenvalue weighted by Gasteiger charge is 2.50. The number of aromatic hydroxyl groups is 1. The number of piperidine rings is 1. The van der Waals surface area contributed by atoms with Crippen LogP contribution in [0.25, 0.3) is 33.0 Å². The number of anilines is 1. The molecule has 8 rings (SSSR count). The van der Waals surface area contributed by atoms with Crippen molar-refractivity contribution in [2.75, 3.05) is 31.1 Å². The van der Waals surface area contributed by atoms with E-state index >= 15 is 0 Å². The van der Waals surface area contributed by atoms with Gasteiger partial charge in [0, 0.05) is 42.1 Å². The summed E-state index contributed by atoms with van der Waals surface area (Å²) in [7, 11) is 0. The van der Waals surface area contributed by atoms with E-state index in [0.717, 1.165) is 38.8 Å². The van der Waals surface area contributed by atoms with Crippen LogP contribution >= 0.6 is 0 Å². The number of hydrogen-bond acceptors (Lipinski definition) is 8. The average Bonchev–Trinajstić information content (AvgIpc) is 3.29. The van der Waals surface area contributed by atoms with Crippen LogP contribution in [0.15, 0.2) is 33.5 Å². The SMILES string of the molecule is C#Cc1c(F)ccc2cc(O)cc(-c3oc(=O)c4c(N5CCC6CC65)nc(OC[C@@]56CCCN5C[C@H](F)C6)nc4c3C)c12. The first-order chi connectivity index (χ1) is 20.8. The number of ether oxygens (including phenoxy) is 1. The van der Waals surface area contributed by atoms with Crippen molar-refractivity contribution in [1.29, 1.82) is 0 Å². The minimum Gasteiger partial charge on any atom is -0.508 e. The van der Waals surface area contributed by atoms with E-state index in [9.17, 15) is 18.7 Å². The number of aromatic nitrogens is 2. The summed E-state index contributed by atoms with van der Waals surface area (Å²) in [5.74, 6) is 2.89. The van der Waals surface area contributed by atoms with E-state index in [1.165, 1.54) is 24.3 Å². The molecule has 1 saturated carbocycles. The molecule has 2 unspecified atom stereocenters. The topological polar surface area (TPSA) is 91.9 Å². The molecule has 220 valence electrons. The van der Waals surface area contributed by atoms with Crippen molar-refractivity contribution in [3.05, 3.63) is 51.6 Å². The summed E-state index contributed by atoms with van der Waals surface area (Å²) in [5, 5.41) is 11.7. The van der Waals surface area contributed by atoms with Gasteiger partial charge in [0.05, 0.1) is 16.6 Å². The van der Waals surface area contributed by atoms with E-state index in [4.69, 9.17) is 25.5 Å². The number of hydrogen-bond donors (Lipinski definition) is 1. The Morgan fingerprint density at radius 3 is 2.88 bits per heavy atom. The number of phenolic OH excluding ortho intramolecular Hbond substituents is 1. The lowest BCUT2D eigenvalue weighted by molar-refractivity contribution is 0.107. The molecule has 0 radical (unpaired) electrons. The number of rotatable bonds is 5. The van der Waals surface area contributed by atoms with Crippen LogP contribution in [-0.2, 0) is 0 Å². The largest absolute Gasteiger partial charge is 0.508 e. The third kappa shape index (κ3) is 4.01. The number of phenols is 1. The third-order valence-corrected chi connectivity index (χ3v) is 9.93. The number of terminal acetylenes is 1. The Hall–Kier alpha value is -4.23. The summed E-state index contributed by atoms with van der Waals surface area (Å²) in [6, 6.07) is 6.07. The zero-order chi connectivity index (χ0) is 29.6. The van der Waals surface area contributed by atoms with Crippen molar-refractivity contribution in [2.45, 2.75) is 56.8 Å². The highest BCUT2D eigenvalue weighted by molar-refractivity contribution is 6.03. The molecule has 0 bridgehead atoms. The minimum absolute atomic E-state index is 0.00184. The summed E-state index contributed by atoms with van der Waals surface area (Å²) in [6.45, 7) is 4.01. The molecule has 4 aromatic rings. The predicted octanol–water partition coefficient (Wildman–Crippen LogP) is 5.09. The second-order valence-electron chi connectivity index (χ2n) is 12.5. The average molecular weight is 585 g/mol. The molecule has 4 atom stereocenters. The zero-order valence-corrected chi connectivity index (χ0v) is 23.7. The maximum Gasteiger partial charge on any atom is 0.349 e. The smallest absolute Gasteiger partial charge is 0.349 e. The van der Waals surface area contributed by atoms with Gasteiger partial charge in [-0.25, -0.2) is 13.6 Å². The van der Waals surface area contributed by atoms with Crippen LogP contribution in [0.3, 0.4) is 0 Å².